The summed E-state index contributed by atoms with van der Waals surface area (Å²) in [4.78, 5) is 17.9. The summed E-state index contributed by atoms with van der Waals surface area (Å²) in [6, 6.07) is 9.08. The maximum atomic E-state index is 12.7. The lowest BCUT2D eigenvalue weighted by Crippen LogP contribution is -2.37. The number of aliphatic hydroxyl groups is 1. The molecular formula is C24H23Cl3F2N6O3. The molecule has 0 saturated heterocycles. The molecule has 3 rings (SSSR count). The number of carbonyl (C=O) groups is 1. The lowest BCUT2D eigenvalue weighted by Gasteiger charge is -2.23. The molecule has 2 N–H and O–H groups in total. The Morgan fingerprint density at radius 2 is 2.03 bits per heavy atom. The number of guanidine groups is 1. The van der Waals surface area contributed by atoms with E-state index in [2.05, 4.69) is 20.1 Å². The van der Waals surface area contributed by atoms with Crippen LogP contribution in [0.4, 0.5) is 14.5 Å². The molecule has 2 aromatic carbocycles. The molecule has 1 heterocycles. The number of nitrogens with zero attached hydrogens (tertiary/aromatic N) is 5. The van der Waals surface area contributed by atoms with Crippen LogP contribution in [0.3, 0.4) is 0 Å². The number of carbonyl (C=O) groups excluding carboxylic acids is 1. The Bertz CT molecular complexity index is 1270. The first-order valence-corrected chi connectivity index (χ1v) is 12.5. The van der Waals surface area contributed by atoms with Gasteiger partial charge in [-0.2, -0.15) is 19.1 Å². The van der Waals surface area contributed by atoms with Crippen LogP contribution in [0.15, 0.2) is 46.5 Å². The van der Waals surface area contributed by atoms with Crippen LogP contribution in [-0.2, 0) is 4.79 Å². The van der Waals surface area contributed by atoms with E-state index in [0.29, 0.717) is 40.8 Å². The predicted octanol–water partition coefficient (Wildman–Crippen LogP) is 4.87. The normalized spacial score (nSPS) is 15.3. The van der Waals surface area contributed by atoms with Gasteiger partial charge in [-0.1, -0.05) is 40.9 Å². The number of aliphatic imine (C=N–C) groups is 1. The highest BCUT2D eigenvalue weighted by atomic mass is 35.5. The molecular weight excluding hydrogens is 565 g/mol. The summed E-state index contributed by atoms with van der Waals surface area (Å²) in [6.07, 6.45) is 2.28. The fraction of sp³-hybridized carbons (Fsp3) is 0.333. The molecule has 1 unspecified atom stereocenters. The molecule has 0 fully saturated rings. The standard InChI is InChI=1S/C24H23Cl3F2N6O3/c1-2-34(21(37)12-36)8-7-15-11-35(33-22(15)14-3-5-17(25)19(27)9-14)24(31-13-30)32-16-4-6-18(26)20(10-16)38-23(28)29/h3-6,9-10,15,23,36H,2,7-8,11-12H2,1H3,(H,31,32). The lowest BCUT2D eigenvalue weighted by atomic mass is 9.94. The number of rotatable bonds is 9. The van der Waals surface area contributed by atoms with Gasteiger partial charge in [-0.3, -0.25) is 10.1 Å². The van der Waals surface area contributed by atoms with E-state index < -0.39 is 19.1 Å². The Morgan fingerprint density at radius 1 is 1.29 bits per heavy atom. The van der Waals surface area contributed by atoms with Gasteiger partial charge in [0, 0.05) is 25.1 Å². The lowest BCUT2D eigenvalue weighted by molar-refractivity contribution is -0.134. The van der Waals surface area contributed by atoms with Crippen molar-refractivity contribution < 1.29 is 23.4 Å². The van der Waals surface area contributed by atoms with Crippen LogP contribution >= 0.6 is 34.8 Å². The van der Waals surface area contributed by atoms with Crippen molar-refractivity contribution in [1.29, 1.82) is 5.26 Å². The van der Waals surface area contributed by atoms with Crippen molar-refractivity contribution in [2.75, 3.05) is 26.2 Å². The minimum absolute atomic E-state index is 0.0247. The average Bonchev–Trinajstić information content (AvgIpc) is 3.31. The maximum Gasteiger partial charge on any atom is 0.387 e. The number of nitrogens with one attached hydrogen (secondary N) is 1. The van der Waals surface area contributed by atoms with E-state index in [1.807, 2.05) is 6.92 Å². The third-order valence-corrected chi connectivity index (χ3v) is 6.67. The van der Waals surface area contributed by atoms with Gasteiger partial charge in [-0.25, -0.2) is 10.0 Å². The number of ether oxygens (including phenoxy) is 1. The minimum atomic E-state index is -3.08. The molecule has 9 nitrogen and oxygen atoms in total. The number of nitriles is 1. The van der Waals surface area contributed by atoms with Crippen LogP contribution in [0.5, 0.6) is 5.75 Å². The fourth-order valence-corrected chi connectivity index (χ4v) is 4.26. The van der Waals surface area contributed by atoms with Crippen molar-refractivity contribution in [3.8, 4) is 11.9 Å². The highest BCUT2D eigenvalue weighted by molar-refractivity contribution is 6.42. The maximum absolute atomic E-state index is 12.7. The monoisotopic (exact) mass is 586 g/mol. The van der Waals surface area contributed by atoms with E-state index in [0.717, 1.165) is 0 Å². The summed E-state index contributed by atoms with van der Waals surface area (Å²) in [5, 5.41) is 27.8. The number of hydrogen-bond donors (Lipinski definition) is 2. The molecule has 0 radical (unpaired) electrons. The van der Waals surface area contributed by atoms with Gasteiger partial charge < -0.3 is 14.7 Å². The van der Waals surface area contributed by atoms with Crippen LogP contribution in [0.2, 0.25) is 15.1 Å². The number of alkyl halides is 2. The van der Waals surface area contributed by atoms with Crippen molar-refractivity contribution in [1.82, 2.24) is 15.2 Å². The number of hydrazone groups is 1. The Balaban J connectivity index is 1.97. The van der Waals surface area contributed by atoms with E-state index in [4.69, 9.17) is 34.8 Å². The number of halogens is 5. The number of hydrogen-bond acceptors (Lipinski definition) is 6. The van der Waals surface area contributed by atoms with Gasteiger partial charge in [0.15, 0.2) is 6.19 Å². The van der Waals surface area contributed by atoms with E-state index in [1.165, 1.54) is 28.1 Å². The van der Waals surface area contributed by atoms with Crippen molar-refractivity contribution in [2.24, 2.45) is 16.0 Å². The van der Waals surface area contributed by atoms with Gasteiger partial charge in [-0.05, 0) is 43.2 Å². The predicted molar refractivity (Wildman–Crippen MR) is 141 cm³/mol. The van der Waals surface area contributed by atoms with Crippen LogP contribution in [0.25, 0.3) is 0 Å². The quantitative estimate of drug-likeness (QED) is 0.187. The third kappa shape index (κ3) is 7.45. The first-order valence-electron chi connectivity index (χ1n) is 11.3. The van der Waals surface area contributed by atoms with Crippen molar-refractivity contribution >= 4 is 58.1 Å². The summed E-state index contributed by atoms with van der Waals surface area (Å²) in [5.41, 5.74) is 1.48. The van der Waals surface area contributed by atoms with Crippen LogP contribution in [-0.4, -0.2) is 65.4 Å². The van der Waals surface area contributed by atoms with Gasteiger partial charge in [0.25, 0.3) is 0 Å². The molecule has 38 heavy (non-hydrogen) atoms. The highest BCUT2D eigenvalue weighted by Gasteiger charge is 2.31. The Hall–Kier alpha value is -3.17. The fourth-order valence-electron chi connectivity index (χ4n) is 3.80. The third-order valence-electron chi connectivity index (χ3n) is 5.62. The number of benzene rings is 2. The molecule has 1 atom stereocenters. The van der Waals surface area contributed by atoms with Crippen LogP contribution < -0.4 is 10.1 Å². The number of amides is 1. The first kappa shape index (κ1) is 29.4. The van der Waals surface area contributed by atoms with Gasteiger partial charge >= 0.3 is 6.61 Å². The highest BCUT2D eigenvalue weighted by Crippen LogP contribution is 2.32. The van der Waals surface area contributed by atoms with E-state index >= 15 is 0 Å². The molecule has 202 valence electrons. The zero-order chi connectivity index (χ0) is 27.8. The smallest absolute Gasteiger partial charge is 0.387 e. The molecule has 1 amide bonds. The summed E-state index contributed by atoms with van der Waals surface area (Å²) in [7, 11) is 0. The number of likely N-dealkylation sites (N-methyl/N-ethyl adjacent to an activating group) is 1. The molecule has 0 aromatic heterocycles. The van der Waals surface area contributed by atoms with Gasteiger partial charge in [-0.15, -0.1) is 0 Å². The summed E-state index contributed by atoms with van der Waals surface area (Å²) in [6.45, 7) is -0.846. The molecule has 0 bridgehead atoms. The SMILES string of the molecule is CCN(CCC1CN(C(=Nc2ccc(Cl)c(OC(F)F)c2)NC#N)N=C1c1ccc(Cl)c(Cl)c1)C(=O)CO. The topological polar surface area (TPSA) is 114 Å². The molecule has 2 aromatic rings. The minimum Gasteiger partial charge on any atom is -0.433 e. The Morgan fingerprint density at radius 3 is 2.66 bits per heavy atom. The molecule has 14 heteroatoms. The van der Waals surface area contributed by atoms with E-state index in [-0.39, 0.29) is 34.9 Å². The second kappa shape index (κ2) is 13.6. The van der Waals surface area contributed by atoms with Crippen molar-refractivity contribution in [2.45, 2.75) is 20.0 Å². The van der Waals surface area contributed by atoms with E-state index in [9.17, 15) is 23.9 Å². The molecule has 1 aliphatic heterocycles. The summed E-state index contributed by atoms with van der Waals surface area (Å²) in [5.74, 6) is -0.877. The van der Waals surface area contributed by atoms with Crippen LogP contribution in [0, 0.1) is 17.4 Å². The zero-order valence-electron chi connectivity index (χ0n) is 20.0. The molecule has 1 aliphatic rings. The van der Waals surface area contributed by atoms with Crippen LogP contribution in [0.1, 0.15) is 18.9 Å². The number of aliphatic hydroxyl groups excluding tert-OH is 1. The second-order valence-corrected chi connectivity index (χ2v) is 9.20. The molecule has 0 aliphatic carbocycles. The average molecular weight is 588 g/mol. The van der Waals surface area contributed by atoms with Gasteiger partial charge in [0.05, 0.1) is 33.0 Å². The van der Waals surface area contributed by atoms with Crippen molar-refractivity contribution in [3.63, 3.8) is 0 Å². The Labute approximate surface area is 232 Å². The first-order chi connectivity index (χ1) is 18.2. The molecule has 0 spiro atoms. The Kier molecular flexibility index (Phi) is 10.5. The van der Waals surface area contributed by atoms with Crippen molar-refractivity contribution in [3.05, 3.63) is 57.0 Å². The largest absolute Gasteiger partial charge is 0.433 e. The molecule has 0 saturated carbocycles. The van der Waals surface area contributed by atoms with E-state index in [1.54, 1.807) is 24.4 Å². The van der Waals surface area contributed by atoms with Gasteiger partial charge in [0.2, 0.25) is 11.9 Å². The zero-order valence-corrected chi connectivity index (χ0v) is 22.3. The summed E-state index contributed by atoms with van der Waals surface area (Å²) >= 11 is 18.2. The van der Waals surface area contributed by atoms with Gasteiger partial charge in [0.1, 0.15) is 12.4 Å². The second-order valence-electron chi connectivity index (χ2n) is 7.98. The summed E-state index contributed by atoms with van der Waals surface area (Å²) < 4.78 is 29.9.